The summed E-state index contributed by atoms with van der Waals surface area (Å²) in [6.45, 7) is 2.51. The van der Waals surface area contributed by atoms with Crippen molar-refractivity contribution in [3.8, 4) is 0 Å². The minimum absolute atomic E-state index is 0.121. The van der Waals surface area contributed by atoms with Gasteiger partial charge in [-0.2, -0.15) is 13.2 Å². The van der Waals surface area contributed by atoms with Crippen molar-refractivity contribution in [2.24, 2.45) is 5.73 Å². The highest BCUT2D eigenvalue weighted by molar-refractivity contribution is 5.33. The summed E-state index contributed by atoms with van der Waals surface area (Å²) in [5.41, 5.74) is 4.57. The van der Waals surface area contributed by atoms with E-state index in [4.69, 9.17) is 5.73 Å². The summed E-state index contributed by atoms with van der Waals surface area (Å²) in [7, 11) is 0. The molecule has 17 heavy (non-hydrogen) atoms. The lowest BCUT2D eigenvalue weighted by atomic mass is 10.2. The van der Waals surface area contributed by atoms with Crippen LogP contribution in [-0.4, -0.2) is 22.8 Å². The second kappa shape index (κ2) is 5.81. The van der Waals surface area contributed by atoms with Crippen molar-refractivity contribution in [2.75, 3.05) is 11.9 Å². The Bertz CT molecular complexity index is 334. The van der Waals surface area contributed by atoms with E-state index in [1.807, 2.05) is 6.92 Å². The average molecular weight is 248 g/mol. The monoisotopic (exact) mass is 248 g/mol. The summed E-state index contributed by atoms with van der Waals surface area (Å²) >= 11 is 0. The molecule has 7 heteroatoms. The molecule has 1 rings (SSSR count). The van der Waals surface area contributed by atoms with Crippen molar-refractivity contribution < 1.29 is 13.2 Å². The molecule has 0 bridgehead atoms. The molecular weight excluding hydrogens is 233 g/mol. The van der Waals surface area contributed by atoms with Crippen LogP contribution in [0.4, 0.5) is 19.0 Å². The molecule has 0 fully saturated rings. The van der Waals surface area contributed by atoms with Gasteiger partial charge < -0.3 is 11.1 Å². The highest BCUT2D eigenvalue weighted by Gasteiger charge is 2.32. The summed E-state index contributed by atoms with van der Waals surface area (Å²) in [6.07, 6.45) is -2.76. The predicted octanol–water partition coefficient (Wildman–Crippen LogP) is 2.03. The number of halogens is 3. The molecule has 0 spiro atoms. The van der Waals surface area contributed by atoms with E-state index < -0.39 is 11.9 Å². The number of nitrogens with zero attached hydrogens (tertiary/aromatic N) is 2. The van der Waals surface area contributed by atoms with Gasteiger partial charge in [0.25, 0.3) is 0 Å². The maximum atomic E-state index is 12.2. The molecule has 1 heterocycles. The SMILES string of the molecule is CC(N)CCCNc1ccc(C(F)(F)F)nn1. The van der Waals surface area contributed by atoms with Gasteiger partial charge in [0.1, 0.15) is 5.82 Å². The van der Waals surface area contributed by atoms with Crippen molar-refractivity contribution >= 4 is 5.82 Å². The summed E-state index contributed by atoms with van der Waals surface area (Å²) in [6, 6.07) is 2.29. The summed E-state index contributed by atoms with van der Waals surface area (Å²) in [4.78, 5) is 0. The van der Waals surface area contributed by atoms with Gasteiger partial charge in [-0.3, -0.25) is 0 Å². The van der Waals surface area contributed by atoms with Gasteiger partial charge in [0.2, 0.25) is 0 Å². The first-order valence-corrected chi connectivity index (χ1v) is 5.30. The molecule has 1 unspecified atom stereocenters. The first kappa shape index (κ1) is 13.7. The lowest BCUT2D eigenvalue weighted by molar-refractivity contribution is -0.141. The molecule has 3 N–H and O–H groups in total. The van der Waals surface area contributed by atoms with Gasteiger partial charge in [0.05, 0.1) is 0 Å². The molecule has 1 aromatic rings. The van der Waals surface area contributed by atoms with Crippen LogP contribution in [-0.2, 0) is 6.18 Å². The zero-order valence-electron chi connectivity index (χ0n) is 9.46. The Kier molecular flexibility index (Phi) is 4.68. The number of aromatic nitrogens is 2. The zero-order valence-corrected chi connectivity index (χ0v) is 9.46. The lowest BCUT2D eigenvalue weighted by Gasteiger charge is -2.08. The fourth-order valence-electron chi connectivity index (χ4n) is 1.22. The fraction of sp³-hybridized carbons (Fsp3) is 0.600. The molecule has 0 radical (unpaired) electrons. The maximum absolute atomic E-state index is 12.2. The third kappa shape index (κ3) is 4.99. The quantitative estimate of drug-likeness (QED) is 0.783. The van der Waals surface area contributed by atoms with Crippen LogP contribution in [0.1, 0.15) is 25.5 Å². The minimum atomic E-state index is -4.44. The van der Waals surface area contributed by atoms with Crippen LogP contribution >= 0.6 is 0 Å². The normalized spacial score (nSPS) is 13.5. The van der Waals surface area contributed by atoms with Gasteiger partial charge in [-0.25, -0.2) is 0 Å². The Hall–Kier alpha value is -1.37. The molecule has 0 amide bonds. The van der Waals surface area contributed by atoms with Gasteiger partial charge in [-0.1, -0.05) is 0 Å². The number of alkyl halides is 3. The summed E-state index contributed by atoms with van der Waals surface area (Å²) in [5.74, 6) is 0.336. The van der Waals surface area contributed by atoms with Crippen molar-refractivity contribution in [1.29, 1.82) is 0 Å². The maximum Gasteiger partial charge on any atom is 0.435 e. The van der Waals surface area contributed by atoms with Crippen LogP contribution in [0, 0.1) is 0 Å². The predicted molar refractivity (Wildman–Crippen MR) is 58.4 cm³/mol. The first-order valence-electron chi connectivity index (χ1n) is 5.30. The topological polar surface area (TPSA) is 63.8 Å². The van der Waals surface area contributed by atoms with E-state index in [1.165, 1.54) is 6.07 Å². The van der Waals surface area contributed by atoms with Crippen LogP contribution in [0.3, 0.4) is 0 Å². The van der Waals surface area contributed by atoms with Gasteiger partial charge in [-0.15, -0.1) is 10.2 Å². The van der Waals surface area contributed by atoms with Gasteiger partial charge in [0, 0.05) is 12.6 Å². The van der Waals surface area contributed by atoms with E-state index in [1.54, 1.807) is 0 Å². The van der Waals surface area contributed by atoms with Crippen molar-refractivity contribution in [3.05, 3.63) is 17.8 Å². The van der Waals surface area contributed by atoms with Crippen molar-refractivity contribution in [1.82, 2.24) is 10.2 Å². The Morgan fingerprint density at radius 1 is 1.35 bits per heavy atom. The second-order valence-corrected chi connectivity index (χ2v) is 3.85. The number of hydrogen-bond acceptors (Lipinski definition) is 4. The third-order valence-electron chi connectivity index (χ3n) is 2.10. The van der Waals surface area contributed by atoms with Gasteiger partial charge in [-0.05, 0) is 31.9 Å². The molecule has 4 nitrogen and oxygen atoms in total. The Morgan fingerprint density at radius 3 is 2.53 bits per heavy atom. The van der Waals surface area contributed by atoms with Crippen LogP contribution in [0.5, 0.6) is 0 Å². The molecule has 0 aliphatic carbocycles. The Balaban J connectivity index is 2.41. The van der Waals surface area contributed by atoms with E-state index in [-0.39, 0.29) is 6.04 Å². The molecule has 1 aromatic heterocycles. The van der Waals surface area contributed by atoms with Gasteiger partial charge in [0.15, 0.2) is 5.69 Å². The summed E-state index contributed by atoms with van der Waals surface area (Å²) in [5, 5.41) is 9.43. The minimum Gasteiger partial charge on any atom is -0.369 e. The van der Waals surface area contributed by atoms with E-state index in [2.05, 4.69) is 15.5 Å². The van der Waals surface area contributed by atoms with E-state index in [9.17, 15) is 13.2 Å². The van der Waals surface area contributed by atoms with Crippen molar-refractivity contribution in [3.63, 3.8) is 0 Å². The zero-order chi connectivity index (χ0) is 12.9. The first-order chi connectivity index (χ1) is 7.89. The Labute approximate surface area is 97.4 Å². The van der Waals surface area contributed by atoms with E-state index in [0.717, 1.165) is 18.9 Å². The molecule has 96 valence electrons. The standard InChI is InChI=1S/C10H15F3N4/c1-7(14)3-2-6-15-9-5-4-8(16-17-9)10(11,12)13/h4-5,7H,2-3,6,14H2,1H3,(H,15,17). The lowest BCUT2D eigenvalue weighted by Crippen LogP contribution is -2.16. The number of anilines is 1. The molecular formula is C10H15F3N4. The molecule has 0 aliphatic rings. The van der Waals surface area contributed by atoms with Crippen LogP contribution < -0.4 is 11.1 Å². The fourth-order valence-corrected chi connectivity index (χ4v) is 1.22. The molecule has 0 aliphatic heterocycles. The molecule has 1 atom stereocenters. The molecule has 0 aromatic carbocycles. The second-order valence-electron chi connectivity index (χ2n) is 3.85. The van der Waals surface area contributed by atoms with Crippen molar-refractivity contribution in [2.45, 2.75) is 32.0 Å². The summed E-state index contributed by atoms with van der Waals surface area (Å²) < 4.78 is 36.5. The third-order valence-corrected chi connectivity index (χ3v) is 2.10. The molecule has 0 saturated heterocycles. The average Bonchev–Trinajstić information content (AvgIpc) is 2.23. The number of nitrogens with one attached hydrogen (secondary N) is 1. The number of hydrogen-bond donors (Lipinski definition) is 2. The number of rotatable bonds is 5. The van der Waals surface area contributed by atoms with E-state index in [0.29, 0.717) is 12.4 Å². The van der Waals surface area contributed by atoms with Crippen LogP contribution in [0.25, 0.3) is 0 Å². The smallest absolute Gasteiger partial charge is 0.369 e. The highest BCUT2D eigenvalue weighted by Crippen LogP contribution is 2.26. The van der Waals surface area contributed by atoms with Gasteiger partial charge >= 0.3 is 6.18 Å². The molecule has 0 saturated carbocycles. The van der Waals surface area contributed by atoms with Crippen LogP contribution in [0.2, 0.25) is 0 Å². The van der Waals surface area contributed by atoms with Crippen LogP contribution in [0.15, 0.2) is 12.1 Å². The largest absolute Gasteiger partial charge is 0.435 e. The number of nitrogens with two attached hydrogens (primary N) is 1. The highest BCUT2D eigenvalue weighted by atomic mass is 19.4. The Morgan fingerprint density at radius 2 is 2.06 bits per heavy atom. The van der Waals surface area contributed by atoms with E-state index >= 15 is 0 Å².